The lowest BCUT2D eigenvalue weighted by Crippen LogP contribution is -2.50. The maximum Gasteiger partial charge on any atom is 0.274 e. The number of hydrogen-bond donors (Lipinski definition) is 1. The van der Waals surface area contributed by atoms with Crippen LogP contribution >= 0.6 is 0 Å². The summed E-state index contributed by atoms with van der Waals surface area (Å²) >= 11 is 0. The van der Waals surface area contributed by atoms with Gasteiger partial charge in [-0.25, -0.2) is 0 Å². The Hall–Kier alpha value is -3.81. The van der Waals surface area contributed by atoms with Gasteiger partial charge in [0.15, 0.2) is 11.5 Å². The molecule has 8 heteroatoms. The summed E-state index contributed by atoms with van der Waals surface area (Å²) in [5.41, 5.74) is 1.68. The molecule has 3 rings (SSSR count). The molecule has 1 unspecified atom stereocenters. The van der Waals surface area contributed by atoms with Crippen molar-refractivity contribution in [3.63, 3.8) is 0 Å². The molecule has 0 aliphatic rings. The third kappa shape index (κ3) is 5.71. The number of rotatable bonds is 9. The van der Waals surface area contributed by atoms with Gasteiger partial charge in [0.1, 0.15) is 17.5 Å². The Morgan fingerprint density at radius 1 is 1.06 bits per heavy atom. The minimum Gasteiger partial charge on any atom is -0.497 e. The maximum atomic E-state index is 13.1. The highest BCUT2D eigenvalue weighted by Crippen LogP contribution is 2.33. The van der Waals surface area contributed by atoms with Crippen molar-refractivity contribution in [2.24, 2.45) is 5.92 Å². The Bertz CT molecular complexity index is 1090. The molecular weight excluding hydrogens is 422 g/mol. The molecule has 0 aliphatic carbocycles. The lowest BCUT2D eigenvalue weighted by Gasteiger charge is -2.27. The van der Waals surface area contributed by atoms with E-state index >= 15 is 0 Å². The van der Waals surface area contributed by atoms with Gasteiger partial charge in [0.25, 0.3) is 5.91 Å². The van der Waals surface area contributed by atoms with E-state index in [0.29, 0.717) is 29.4 Å². The molecule has 8 nitrogen and oxygen atoms in total. The fraction of sp³-hybridized carbons (Fsp3) is 0.320. The predicted molar refractivity (Wildman–Crippen MR) is 124 cm³/mol. The van der Waals surface area contributed by atoms with Gasteiger partial charge in [-0.15, -0.1) is 0 Å². The highest BCUT2D eigenvalue weighted by Gasteiger charge is 2.28. The molecule has 0 fully saturated rings. The molecule has 0 radical (unpaired) electrons. The van der Waals surface area contributed by atoms with Gasteiger partial charge in [-0.3, -0.25) is 9.59 Å². The number of aromatic nitrogens is 1. The van der Waals surface area contributed by atoms with Gasteiger partial charge >= 0.3 is 0 Å². The molecule has 0 aliphatic heterocycles. The summed E-state index contributed by atoms with van der Waals surface area (Å²) in [5.74, 6) is 0.721. The van der Waals surface area contributed by atoms with Crippen LogP contribution in [0.2, 0.25) is 0 Å². The third-order valence-corrected chi connectivity index (χ3v) is 5.27. The second-order valence-electron chi connectivity index (χ2n) is 8.02. The largest absolute Gasteiger partial charge is 0.497 e. The van der Waals surface area contributed by atoms with Gasteiger partial charge in [-0.2, -0.15) is 0 Å². The van der Waals surface area contributed by atoms with Crippen LogP contribution in [0.4, 0.5) is 0 Å². The van der Waals surface area contributed by atoms with Crippen LogP contribution in [-0.4, -0.2) is 49.2 Å². The molecular formula is C25H29N3O5. The van der Waals surface area contributed by atoms with E-state index in [1.807, 2.05) is 44.2 Å². The van der Waals surface area contributed by atoms with Crippen LogP contribution in [0.1, 0.15) is 29.9 Å². The van der Waals surface area contributed by atoms with Gasteiger partial charge in [0.05, 0.1) is 19.8 Å². The SMILES string of the molecule is COc1ccc(OC)c(-c2cc(C(=O)NC(C(=O)N(C)Cc3ccccc3)C(C)C)no2)c1. The number of hydrogen-bond acceptors (Lipinski definition) is 6. The first-order valence-corrected chi connectivity index (χ1v) is 10.6. The van der Waals surface area contributed by atoms with Gasteiger partial charge in [-0.1, -0.05) is 49.3 Å². The predicted octanol–water partition coefficient (Wildman–Crippen LogP) is 3.77. The number of carbonyl (C=O) groups excluding carboxylic acids is 2. The van der Waals surface area contributed by atoms with E-state index in [0.717, 1.165) is 5.56 Å². The van der Waals surface area contributed by atoms with Crippen molar-refractivity contribution < 1.29 is 23.6 Å². The first-order valence-electron chi connectivity index (χ1n) is 10.6. The van der Waals surface area contributed by atoms with Crippen LogP contribution in [0.5, 0.6) is 11.5 Å². The van der Waals surface area contributed by atoms with Crippen molar-refractivity contribution in [2.75, 3.05) is 21.3 Å². The molecule has 33 heavy (non-hydrogen) atoms. The van der Waals surface area contributed by atoms with Crippen molar-refractivity contribution in [1.82, 2.24) is 15.4 Å². The van der Waals surface area contributed by atoms with Crippen LogP contribution < -0.4 is 14.8 Å². The third-order valence-electron chi connectivity index (χ3n) is 5.27. The fourth-order valence-electron chi connectivity index (χ4n) is 3.42. The molecule has 174 valence electrons. The second kappa shape index (κ2) is 10.7. The molecule has 1 aromatic heterocycles. The van der Waals surface area contributed by atoms with E-state index < -0.39 is 11.9 Å². The molecule has 3 aromatic rings. The van der Waals surface area contributed by atoms with Crippen molar-refractivity contribution in [3.05, 3.63) is 65.9 Å². The number of amides is 2. The van der Waals surface area contributed by atoms with Crippen LogP contribution in [0, 0.1) is 5.92 Å². The van der Waals surface area contributed by atoms with E-state index in [9.17, 15) is 9.59 Å². The molecule has 0 saturated heterocycles. The van der Waals surface area contributed by atoms with E-state index in [1.165, 1.54) is 6.07 Å². The lowest BCUT2D eigenvalue weighted by molar-refractivity contribution is -0.133. The number of nitrogens with one attached hydrogen (secondary N) is 1. The summed E-state index contributed by atoms with van der Waals surface area (Å²) in [7, 11) is 4.82. The zero-order chi connectivity index (χ0) is 24.0. The van der Waals surface area contributed by atoms with Gasteiger partial charge in [-0.05, 0) is 29.7 Å². The molecule has 1 atom stereocenters. The number of nitrogens with zero attached hydrogens (tertiary/aromatic N) is 2. The van der Waals surface area contributed by atoms with E-state index in [4.69, 9.17) is 14.0 Å². The topological polar surface area (TPSA) is 93.9 Å². The Morgan fingerprint density at radius 2 is 1.79 bits per heavy atom. The van der Waals surface area contributed by atoms with Gasteiger partial charge in [0, 0.05) is 19.7 Å². The highest BCUT2D eigenvalue weighted by atomic mass is 16.5. The molecule has 2 amide bonds. The Morgan fingerprint density at radius 3 is 2.42 bits per heavy atom. The summed E-state index contributed by atoms with van der Waals surface area (Å²) in [5, 5.41) is 6.71. The number of benzene rings is 2. The second-order valence-corrected chi connectivity index (χ2v) is 8.02. The monoisotopic (exact) mass is 451 g/mol. The highest BCUT2D eigenvalue weighted by molar-refractivity contribution is 5.96. The molecule has 2 aromatic carbocycles. The van der Waals surface area contributed by atoms with Crippen LogP contribution in [0.15, 0.2) is 59.1 Å². The average molecular weight is 452 g/mol. The van der Waals surface area contributed by atoms with Crippen molar-refractivity contribution in [1.29, 1.82) is 0 Å². The minimum atomic E-state index is -0.710. The number of ether oxygens (including phenoxy) is 2. The standard InChI is InChI=1S/C25H29N3O5/c1-16(2)23(25(30)28(3)15-17-9-7-6-8-10-17)26-24(29)20-14-22(33-27-20)19-13-18(31-4)11-12-21(19)32-5/h6-14,16,23H,15H2,1-5H3,(H,26,29). The summed E-state index contributed by atoms with van der Waals surface area (Å²) in [4.78, 5) is 27.6. The van der Waals surface area contributed by atoms with Crippen molar-refractivity contribution in [2.45, 2.75) is 26.4 Å². The molecule has 0 spiro atoms. The number of carbonyl (C=O) groups is 2. The Kier molecular flexibility index (Phi) is 7.71. The summed E-state index contributed by atoms with van der Waals surface area (Å²) in [6.07, 6.45) is 0. The maximum absolute atomic E-state index is 13.1. The lowest BCUT2D eigenvalue weighted by atomic mass is 10.0. The first-order chi connectivity index (χ1) is 15.8. The molecule has 1 heterocycles. The van der Waals surface area contributed by atoms with Gasteiger partial charge < -0.3 is 24.2 Å². The van der Waals surface area contributed by atoms with E-state index in [1.54, 1.807) is 44.4 Å². The van der Waals surface area contributed by atoms with E-state index in [-0.39, 0.29) is 17.5 Å². The van der Waals surface area contributed by atoms with Crippen LogP contribution in [0.3, 0.4) is 0 Å². The Balaban J connectivity index is 1.75. The average Bonchev–Trinajstić information content (AvgIpc) is 3.32. The Labute approximate surface area is 193 Å². The van der Waals surface area contributed by atoms with Crippen molar-refractivity contribution in [3.8, 4) is 22.8 Å². The number of methoxy groups -OCH3 is 2. The quantitative estimate of drug-likeness (QED) is 0.532. The fourth-order valence-corrected chi connectivity index (χ4v) is 3.42. The van der Waals surface area contributed by atoms with Crippen LogP contribution in [0.25, 0.3) is 11.3 Å². The molecule has 1 N–H and O–H groups in total. The summed E-state index contributed by atoms with van der Waals surface area (Å²) in [6, 6.07) is 15.7. The zero-order valence-electron chi connectivity index (χ0n) is 19.5. The summed E-state index contributed by atoms with van der Waals surface area (Å²) in [6.45, 7) is 4.21. The molecule has 0 saturated carbocycles. The van der Waals surface area contributed by atoms with Crippen LogP contribution in [-0.2, 0) is 11.3 Å². The normalized spacial score (nSPS) is 11.7. The van der Waals surface area contributed by atoms with Gasteiger partial charge in [0.2, 0.25) is 5.91 Å². The number of likely N-dealkylation sites (N-methyl/N-ethyl adjacent to an activating group) is 1. The minimum absolute atomic E-state index is 0.0686. The van der Waals surface area contributed by atoms with E-state index in [2.05, 4.69) is 10.5 Å². The zero-order valence-corrected chi connectivity index (χ0v) is 19.5. The summed E-state index contributed by atoms with van der Waals surface area (Å²) < 4.78 is 16.0. The first kappa shape index (κ1) is 23.8. The van der Waals surface area contributed by atoms with Crippen molar-refractivity contribution >= 4 is 11.8 Å². The molecule has 0 bridgehead atoms. The smallest absolute Gasteiger partial charge is 0.274 e.